The van der Waals surface area contributed by atoms with Crippen LogP contribution in [0.1, 0.15) is 22.3 Å². The van der Waals surface area contributed by atoms with Crippen LogP contribution >= 0.6 is 24.0 Å². The van der Waals surface area contributed by atoms with Crippen molar-refractivity contribution in [2.24, 2.45) is 0 Å². The van der Waals surface area contributed by atoms with Crippen LogP contribution in [0.3, 0.4) is 0 Å². The van der Waals surface area contributed by atoms with Crippen molar-refractivity contribution in [3.8, 4) is 0 Å². The average Bonchev–Trinajstić information content (AvgIpc) is 2.72. The standard InChI is InChI=1S/C24H22F2N2OS2/c1-15-13-17(3)20(14-16(15)2)22(29)21(28-11-5-4-6-12-28)23(30)27-18-7-9-19(10-8-18)31-24(25)26/h4-14,24H,1-3H3,(H-,27,29,30)/p+1. The van der Waals surface area contributed by atoms with E-state index in [4.69, 9.17) is 12.2 Å². The molecule has 7 heteroatoms. The number of aliphatic hydroxyl groups excluding tert-OH is 1. The lowest BCUT2D eigenvalue weighted by Gasteiger charge is -2.13. The molecule has 2 N–H and O–H groups in total. The molecule has 3 aromatic rings. The summed E-state index contributed by atoms with van der Waals surface area (Å²) in [5, 5.41) is 14.4. The molecule has 1 heterocycles. The van der Waals surface area contributed by atoms with E-state index in [-0.39, 0.29) is 5.76 Å². The van der Waals surface area contributed by atoms with Gasteiger partial charge in [0.1, 0.15) is 0 Å². The van der Waals surface area contributed by atoms with Crippen LogP contribution in [0.5, 0.6) is 0 Å². The predicted octanol–water partition coefficient (Wildman–Crippen LogP) is 6.54. The highest BCUT2D eigenvalue weighted by Gasteiger charge is 2.25. The Balaban J connectivity index is 2.01. The molecule has 0 unspecified atom stereocenters. The third-order valence-electron chi connectivity index (χ3n) is 4.85. The number of alkyl halides is 2. The van der Waals surface area contributed by atoms with Gasteiger partial charge in [-0.1, -0.05) is 36.1 Å². The van der Waals surface area contributed by atoms with Gasteiger partial charge in [-0.3, -0.25) is 0 Å². The normalized spacial score (nSPS) is 11.9. The van der Waals surface area contributed by atoms with E-state index in [1.54, 1.807) is 41.2 Å². The number of aliphatic hydroxyl groups is 1. The number of rotatable bonds is 6. The third kappa shape index (κ3) is 5.68. The number of hydrogen-bond donors (Lipinski definition) is 2. The monoisotopic (exact) mass is 457 g/mol. The van der Waals surface area contributed by atoms with Gasteiger partial charge in [-0.15, -0.1) is 0 Å². The fourth-order valence-electron chi connectivity index (χ4n) is 3.15. The summed E-state index contributed by atoms with van der Waals surface area (Å²) in [7, 11) is 0. The molecule has 0 saturated heterocycles. The van der Waals surface area contributed by atoms with Gasteiger partial charge in [0.05, 0.1) is 0 Å². The Morgan fingerprint density at radius 1 is 0.968 bits per heavy atom. The molecule has 0 atom stereocenters. The maximum Gasteiger partial charge on any atom is 0.288 e. The van der Waals surface area contributed by atoms with Gasteiger partial charge < -0.3 is 10.4 Å². The summed E-state index contributed by atoms with van der Waals surface area (Å²) < 4.78 is 26.9. The molecule has 1 aromatic heterocycles. The van der Waals surface area contributed by atoms with Gasteiger partial charge in [-0.25, -0.2) is 0 Å². The smallest absolute Gasteiger partial charge is 0.288 e. The van der Waals surface area contributed by atoms with Crippen molar-refractivity contribution in [2.75, 3.05) is 5.32 Å². The minimum absolute atomic E-state index is 0.0548. The highest BCUT2D eigenvalue weighted by atomic mass is 32.2. The Kier molecular flexibility index (Phi) is 7.41. The van der Waals surface area contributed by atoms with Crippen LogP contribution in [0, 0.1) is 20.8 Å². The van der Waals surface area contributed by atoms with Gasteiger partial charge in [0.15, 0.2) is 23.1 Å². The number of halogens is 2. The summed E-state index contributed by atoms with van der Waals surface area (Å²) in [5.74, 6) is -2.42. The van der Waals surface area contributed by atoms with Gasteiger partial charge >= 0.3 is 0 Å². The molecule has 0 aliphatic rings. The second-order valence-electron chi connectivity index (χ2n) is 7.09. The largest absolute Gasteiger partial charge is 0.502 e. The molecule has 160 valence electrons. The Bertz CT molecular complexity index is 1110. The maximum absolute atomic E-state index is 12.6. The molecule has 0 fully saturated rings. The van der Waals surface area contributed by atoms with E-state index in [2.05, 4.69) is 5.32 Å². The molecular weight excluding hydrogens is 434 g/mol. The number of aryl methyl sites for hydroxylation is 3. The van der Waals surface area contributed by atoms with Crippen LogP contribution in [-0.2, 0) is 0 Å². The zero-order chi connectivity index (χ0) is 22.5. The minimum atomic E-state index is -2.47. The zero-order valence-corrected chi connectivity index (χ0v) is 19.0. The summed E-state index contributed by atoms with van der Waals surface area (Å²) >= 11 is 6.13. The summed E-state index contributed by atoms with van der Waals surface area (Å²) in [5.41, 5.74) is 4.91. The first-order chi connectivity index (χ1) is 14.8. The summed E-state index contributed by atoms with van der Waals surface area (Å²) in [6.45, 7) is 5.97. The number of thioether (sulfide) groups is 1. The van der Waals surface area contributed by atoms with Crippen molar-refractivity contribution in [3.63, 3.8) is 0 Å². The number of benzene rings is 2. The molecule has 0 aliphatic heterocycles. The molecule has 0 radical (unpaired) electrons. The summed E-state index contributed by atoms with van der Waals surface area (Å²) in [6, 6.07) is 16.1. The lowest BCUT2D eigenvalue weighted by molar-refractivity contribution is -0.575. The van der Waals surface area contributed by atoms with Crippen molar-refractivity contribution < 1.29 is 18.5 Å². The number of hydrogen-bond acceptors (Lipinski definition) is 3. The Hall–Kier alpha value is -2.77. The number of nitrogens with one attached hydrogen (secondary N) is 1. The third-order valence-corrected chi connectivity index (χ3v) is 5.86. The number of aromatic nitrogens is 1. The first kappa shape index (κ1) is 22.9. The number of pyridine rings is 1. The predicted molar refractivity (Wildman–Crippen MR) is 128 cm³/mol. The molecule has 3 rings (SSSR count). The van der Waals surface area contributed by atoms with Gasteiger partial charge in [0.2, 0.25) is 0 Å². The number of anilines is 1. The lowest BCUT2D eigenvalue weighted by Crippen LogP contribution is -2.38. The van der Waals surface area contributed by atoms with Gasteiger partial charge in [0, 0.05) is 28.3 Å². The first-order valence-corrected chi connectivity index (χ1v) is 10.9. The van der Waals surface area contributed by atoms with Crippen molar-refractivity contribution in [2.45, 2.75) is 31.4 Å². The first-order valence-electron chi connectivity index (χ1n) is 9.60. The van der Waals surface area contributed by atoms with E-state index < -0.39 is 5.76 Å². The molecule has 0 saturated carbocycles. The summed E-state index contributed by atoms with van der Waals surface area (Å²) in [4.78, 5) is 0.772. The molecule has 0 bridgehead atoms. The number of nitrogens with zero attached hydrogens (tertiary/aromatic N) is 1. The van der Waals surface area contributed by atoms with E-state index in [1.165, 1.54) is 0 Å². The van der Waals surface area contributed by atoms with Crippen LogP contribution in [-0.4, -0.2) is 15.9 Å². The van der Waals surface area contributed by atoms with Crippen LogP contribution in [0.25, 0.3) is 11.5 Å². The van der Waals surface area contributed by atoms with E-state index in [0.717, 1.165) is 16.7 Å². The zero-order valence-electron chi connectivity index (χ0n) is 17.4. The molecule has 0 amide bonds. The molecule has 0 spiro atoms. The Morgan fingerprint density at radius 2 is 1.58 bits per heavy atom. The SMILES string of the molecule is Cc1cc(C)c(/C(O)=C(\C(=S)Nc2ccc(SC(F)F)cc2)[n+]2ccccc2)cc1C. The van der Waals surface area contributed by atoms with Crippen LogP contribution in [0.15, 0.2) is 71.9 Å². The Labute approximate surface area is 190 Å². The fraction of sp³-hybridized carbons (Fsp3) is 0.167. The van der Waals surface area contributed by atoms with E-state index in [9.17, 15) is 13.9 Å². The average molecular weight is 458 g/mol. The molecule has 2 aromatic carbocycles. The van der Waals surface area contributed by atoms with Gasteiger partial charge in [-0.2, -0.15) is 13.3 Å². The van der Waals surface area contributed by atoms with Crippen molar-refractivity contribution in [3.05, 3.63) is 89.2 Å². The van der Waals surface area contributed by atoms with Crippen molar-refractivity contribution in [1.82, 2.24) is 0 Å². The van der Waals surface area contributed by atoms with Crippen molar-refractivity contribution >= 4 is 46.1 Å². The minimum Gasteiger partial charge on any atom is -0.502 e. The summed E-state index contributed by atoms with van der Waals surface area (Å²) in [6.07, 6.45) is 3.61. The van der Waals surface area contributed by atoms with Crippen LogP contribution in [0.2, 0.25) is 0 Å². The maximum atomic E-state index is 12.6. The highest BCUT2D eigenvalue weighted by Crippen LogP contribution is 2.27. The number of thiocarbonyl (C=S) groups is 1. The highest BCUT2D eigenvalue weighted by molar-refractivity contribution is 7.99. The molecule has 3 nitrogen and oxygen atoms in total. The fourth-order valence-corrected chi connectivity index (χ4v) is 3.97. The Morgan fingerprint density at radius 3 is 2.19 bits per heavy atom. The van der Waals surface area contributed by atoms with Gasteiger partial charge in [0.25, 0.3) is 11.5 Å². The molecular formula is C24H23F2N2OS2+. The van der Waals surface area contributed by atoms with Crippen LogP contribution < -0.4 is 9.88 Å². The lowest BCUT2D eigenvalue weighted by atomic mass is 9.98. The van der Waals surface area contributed by atoms with E-state index in [0.29, 0.717) is 38.6 Å². The van der Waals surface area contributed by atoms with E-state index in [1.807, 2.05) is 51.1 Å². The quantitative estimate of drug-likeness (QED) is 0.145. The van der Waals surface area contributed by atoms with Gasteiger partial charge in [-0.05, 0) is 67.8 Å². The topological polar surface area (TPSA) is 36.1 Å². The van der Waals surface area contributed by atoms with E-state index >= 15 is 0 Å². The molecule has 0 aliphatic carbocycles. The van der Waals surface area contributed by atoms with Crippen molar-refractivity contribution in [1.29, 1.82) is 0 Å². The van der Waals surface area contributed by atoms with Crippen LogP contribution in [0.4, 0.5) is 14.5 Å². The molecule has 31 heavy (non-hydrogen) atoms. The second-order valence-corrected chi connectivity index (χ2v) is 8.56. The second kappa shape index (κ2) is 10.0.